The first-order valence-electron chi connectivity index (χ1n) is 8.89. The molecule has 2 aliphatic rings. The van der Waals surface area contributed by atoms with Crippen molar-refractivity contribution < 1.29 is 18.8 Å². The number of piperidine rings is 1. The Morgan fingerprint density at radius 3 is 2.52 bits per heavy atom. The van der Waals surface area contributed by atoms with Crippen molar-refractivity contribution in [3.63, 3.8) is 0 Å². The zero-order valence-electron chi connectivity index (χ0n) is 14.9. The Morgan fingerprint density at radius 2 is 1.92 bits per heavy atom. The van der Waals surface area contributed by atoms with E-state index < -0.39 is 0 Å². The lowest BCUT2D eigenvalue weighted by Crippen LogP contribution is -2.50. The van der Waals surface area contributed by atoms with Crippen LogP contribution in [0.4, 0.5) is 5.88 Å². The molecule has 3 heterocycles. The molecule has 1 atom stereocenters. The average molecular weight is 350 g/mol. The summed E-state index contributed by atoms with van der Waals surface area (Å²) in [5.74, 6) is 0.541. The highest BCUT2D eigenvalue weighted by molar-refractivity contribution is 5.93. The molecule has 0 aliphatic carbocycles. The number of nitrogens with one attached hydrogen (secondary N) is 1. The van der Waals surface area contributed by atoms with E-state index in [9.17, 15) is 9.59 Å². The largest absolute Gasteiger partial charge is 0.378 e. The second-order valence-corrected chi connectivity index (χ2v) is 6.75. The molecule has 1 aromatic heterocycles. The number of morpholine rings is 1. The van der Waals surface area contributed by atoms with E-state index in [-0.39, 0.29) is 23.8 Å². The van der Waals surface area contributed by atoms with E-state index in [2.05, 4.69) is 15.4 Å². The van der Waals surface area contributed by atoms with E-state index in [1.165, 1.54) is 0 Å². The summed E-state index contributed by atoms with van der Waals surface area (Å²) in [6.07, 6.45) is 1.57. The van der Waals surface area contributed by atoms with Gasteiger partial charge in [0.2, 0.25) is 17.7 Å². The molecule has 8 nitrogen and oxygen atoms in total. The lowest BCUT2D eigenvalue weighted by atomic mass is 9.94. The van der Waals surface area contributed by atoms with E-state index >= 15 is 0 Å². The smallest absolute Gasteiger partial charge is 0.243 e. The first-order chi connectivity index (χ1) is 12.0. The Hall–Kier alpha value is -1.93. The predicted molar refractivity (Wildman–Crippen MR) is 91.0 cm³/mol. The summed E-state index contributed by atoms with van der Waals surface area (Å²) in [4.78, 5) is 28.9. The third kappa shape index (κ3) is 4.38. The molecule has 0 saturated carbocycles. The highest BCUT2D eigenvalue weighted by atomic mass is 16.5. The molecule has 0 bridgehead atoms. The van der Waals surface area contributed by atoms with Crippen LogP contribution in [0.25, 0.3) is 0 Å². The molecule has 1 N–H and O–H groups in total. The van der Waals surface area contributed by atoms with Gasteiger partial charge in [-0.1, -0.05) is 5.16 Å². The zero-order valence-corrected chi connectivity index (χ0v) is 14.9. The van der Waals surface area contributed by atoms with E-state index in [1.54, 1.807) is 13.0 Å². The minimum Gasteiger partial charge on any atom is -0.378 e. The number of hydrogen-bond acceptors (Lipinski definition) is 6. The van der Waals surface area contributed by atoms with Gasteiger partial charge in [0.05, 0.1) is 24.9 Å². The molecule has 2 saturated heterocycles. The summed E-state index contributed by atoms with van der Waals surface area (Å²) < 4.78 is 10.3. The van der Waals surface area contributed by atoms with Gasteiger partial charge in [-0.3, -0.25) is 19.8 Å². The Bertz CT molecular complexity index is 604. The van der Waals surface area contributed by atoms with Gasteiger partial charge in [-0.05, 0) is 39.8 Å². The first kappa shape index (κ1) is 17.9. The van der Waals surface area contributed by atoms with Gasteiger partial charge < -0.3 is 14.2 Å². The highest BCUT2D eigenvalue weighted by Crippen LogP contribution is 2.22. The minimum absolute atomic E-state index is 0.0570. The predicted octanol–water partition coefficient (Wildman–Crippen LogP) is 0.881. The van der Waals surface area contributed by atoms with Gasteiger partial charge in [-0.15, -0.1) is 0 Å². The van der Waals surface area contributed by atoms with Crippen LogP contribution in [0.5, 0.6) is 0 Å². The average Bonchev–Trinajstić information content (AvgIpc) is 3.06. The van der Waals surface area contributed by atoms with Crippen LogP contribution in [0.2, 0.25) is 0 Å². The number of nitrogens with zero attached hydrogens (tertiary/aromatic N) is 3. The van der Waals surface area contributed by atoms with Crippen molar-refractivity contribution >= 4 is 17.7 Å². The van der Waals surface area contributed by atoms with E-state index in [1.807, 2.05) is 11.8 Å². The van der Waals surface area contributed by atoms with E-state index in [0.29, 0.717) is 32.2 Å². The Kier molecular flexibility index (Phi) is 5.70. The van der Waals surface area contributed by atoms with Crippen molar-refractivity contribution in [2.24, 2.45) is 5.92 Å². The monoisotopic (exact) mass is 350 g/mol. The van der Waals surface area contributed by atoms with Crippen molar-refractivity contribution in [2.75, 3.05) is 44.7 Å². The van der Waals surface area contributed by atoms with Crippen LogP contribution >= 0.6 is 0 Å². The second kappa shape index (κ2) is 7.97. The molecule has 2 amide bonds. The van der Waals surface area contributed by atoms with Crippen LogP contribution in [0.3, 0.4) is 0 Å². The Morgan fingerprint density at radius 1 is 1.24 bits per heavy atom. The third-order valence-corrected chi connectivity index (χ3v) is 5.00. The molecule has 0 spiro atoms. The van der Waals surface area contributed by atoms with Crippen molar-refractivity contribution in [3.8, 4) is 0 Å². The minimum atomic E-state index is -0.273. The van der Waals surface area contributed by atoms with Crippen LogP contribution in [0, 0.1) is 12.8 Å². The molecule has 3 rings (SSSR count). The van der Waals surface area contributed by atoms with Crippen LogP contribution in [0.15, 0.2) is 10.6 Å². The molecule has 2 aliphatic heterocycles. The zero-order chi connectivity index (χ0) is 17.8. The Balaban J connectivity index is 1.47. The van der Waals surface area contributed by atoms with Gasteiger partial charge in [-0.25, -0.2) is 0 Å². The fourth-order valence-corrected chi connectivity index (χ4v) is 3.39. The van der Waals surface area contributed by atoms with Crippen LogP contribution in [-0.4, -0.2) is 72.2 Å². The maximum Gasteiger partial charge on any atom is 0.243 e. The molecule has 1 aromatic rings. The lowest BCUT2D eigenvalue weighted by molar-refractivity contribution is -0.141. The normalized spacial score (nSPS) is 21.1. The standard InChI is InChI=1S/C17H26N4O4/c1-12-11-15(25-19-12)18-16(22)13(2)20-5-3-14(4-6-20)17(23)21-7-9-24-10-8-21/h11,13-14H,3-10H2,1-2H3,(H,18,22). The number of aryl methyl sites for hydroxylation is 1. The van der Waals surface area contributed by atoms with Gasteiger partial charge in [0.1, 0.15) is 0 Å². The molecular formula is C17H26N4O4. The molecule has 138 valence electrons. The van der Waals surface area contributed by atoms with E-state index in [0.717, 1.165) is 31.6 Å². The number of amides is 2. The molecule has 0 aromatic carbocycles. The fourth-order valence-electron chi connectivity index (χ4n) is 3.39. The van der Waals surface area contributed by atoms with Gasteiger partial charge in [0.25, 0.3) is 0 Å². The molecular weight excluding hydrogens is 324 g/mol. The summed E-state index contributed by atoms with van der Waals surface area (Å²) in [6.45, 7) is 7.80. The van der Waals surface area contributed by atoms with Crippen LogP contribution in [-0.2, 0) is 14.3 Å². The molecule has 0 radical (unpaired) electrons. The number of carbonyl (C=O) groups excluding carboxylic acids is 2. The number of carbonyl (C=O) groups is 2. The molecule has 2 fully saturated rings. The van der Waals surface area contributed by atoms with Crippen molar-refractivity contribution in [1.29, 1.82) is 0 Å². The van der Waals surface area contributed by atoms with Crippen LogP contribution < -0.4 is 5.32 Å². The topological polar surface area (TPSA) is 87.9 Å². The number of anilines is 1. The molecule has 25 heavy (non-hydrogen) atoms. The number of hydrogen-bond donors (Lipinski definition) is 1. The number of aromatic nitrogens is 1. The van der Waals surface area contributed by atoms with Crippen molar-refractivity contribution in [2.45, 2.75) is 32.7 Å². The maximum atomic E-state index is 12.6. The van der Waals surface area contributed by atoms with Gasteiger partial charge in [-0.2, -0.15) is 0 Å². The van der Waals surface area contributed by atoms with Gasteiger partial charge in [0.15, 0.2) is 0 Å². The summed E-state index contributed by atoms with van der Waals surface area (Å²) in [7, 11) is 0. The Labute approximate surface area is 147 Å². The van der Waals surface area contributed by atoms with Gasteiger partial charge >= 0.3 is 0 Å². The van der Waals surface area contributed by atoms with Crippen LogP contribution in [0.1, 0.15) is 25.5 Å². The lowest BCUT2D eigenvalue weighted by Gasteiger charge is -2.37. The first-order valence-corrected chi connectivity index (χ1v) is 8.89. The maximum absolute atomic E-state index is 12.6. The summed E-state index contributed by atoms with van der Waals surface area (Å²) >= 11 is 0. The number of rotatable bonds is 4. The van der Waals surface area contributed by atoms with Gasteiger partial charge in [0, 0.05) is 25.1 Å². The fraction of sp³-hybridized carbons (Fsp3) is 0.706. The number of likely N-dealkylation sites (tertiary alicyclic amines) is 1. The third-order valence-electron chi connectivity index (χ3n) is 5.00. The molecule has 1 unspecified atom stereocenters. The second-order valence-electron chi connectivity index (χ2n) is 6.75. The quantitative estimate of drug-likeness (QED) is 0.867. The SMILES string of the molecule is Cc1cc(NC(=O)C(C)N2CCC(C(=O)N3CCOCC3)CC2)on1. The van der Waals surface area contributed by atoms with E-state index in [4.69, 9.17) is 9.26 Å². The highest BCUT2D eigenvalue weighted by Gasteiger charge is 2.32. The molecule has 8 heteroatoms. The van der Waals surface area contributed by atoms with Crippen molar-refractivity contribution in [1.82, 2.24) is 15.0 Å². The summed E-state index contributed by atoms with van der Waals surface area (Å²) in [5, 5.41) is 6.51. The summed E-state index contributed by atoms with van der Waals surface area (Å²) in [6, 6.07) is 1.42. The van der Waals surface area contributed by atoms with Crippen molar-refractivity contribution in [3.05, 3.63) is 11.8 Å². The summed E-state index contributed by atoms with van der Waals surface area (Å²) in [5.41, 5.74) is 0.727. The number of ether oxygens (including phenoxy) is 1.